The van der Waals surface area contributed by atoms with Gasteiger partial charge >= 0.3 is 6.18 Å². The molecule has 1 aliphatic rings. The zero-order valence-corrected chi connectivity index (χ0v) is 9.93. The summed E-state index contributed by atoms with van der Waals surface area (Å²) in [7, 11) is 0. The van der Waals surface area contributed by atoms with E-state index < -0.39 is 17.6 Å². The molecule has 0 aliphatic heterocycles. The van der Waals surface area contributed by atoms with Crippen LogP contribution in [0.15, 0.2) is 0 Å². The van der Waals surface area contributed by atoms with Crippen molar-refractivity contribution in [1.82, 2.24) is 5.32 Å². The van der Waals surface area contributed by atoms with Gasteiger partial charge in [-0.15, -0.1) is 0 Å². The minimum atomic E-state index is -4.10. The number of hydrogen-bond donors (Lipinski definition) is 3. The third-order valence-electron chi connectivity index (χ3n) is 3.44. The van der Waals surface area contributed by atoms with E-state index >= 15 is 0 Å². The highest BCUT2D eigenvalue weighted by atomic mass is 19.4. The van der Waals surface area contributed by atoms with Crippen molar-refractivity contribution in [2.45, 2.75) is 50.4 Å². The molecule has 0 saturated heterocycles. The van der Waals surface area contributed by atoms with E-state index in [1.54, 1.807) is 6.92 Å². The van der Waals surface area contributed by atoms with Gasteiger partial charge < -0.3 is 15.5 Å². The first-order valence-electron chi connectivity index (χ1n) is 5.87. The lowest BCUT2D eigenvalue weighted by atomic mass is 9.84. The first kappa shape index (κ1) is 14.7. The topological polar surface area (TPSA) is 52.5 Å². The molecule has 0 aromatic carbocycles. The molecule has 3 N–H and O–H groups in total. The summed E-state index contributed by atoms with van der Waals surface area (Å²) in [4.78, 5) is 0. The van der Waals surface area contributed by atoms with Gasteiger partial charge in [-0.25, -0.2) is 0 Å². The quantitative estimate of drug-likeness (QED) is 0.712. The van der Waals surface area contributed by atoms with Crippen LogP contribution in [0.5, 0.6) is 0 Å². The lowest BCUT2D eigenvalue weighted by molar-refractivity contribution is -0.183. The maximum absolute atomic E-state index is 12.4. The molecule has 0 spiro atoms. The van der Waals surface area contributed by atoms with E-state index in [1.807, 2.05) is 0 Å². The summed E-state index contributed by atoms with van der Waals surface area (Å²) in [5, 5.41) is 21.2. The van der Waals surface area contributed by atoms with Gasteiger partial charge in [0.15, 0.2) is 0 Å². The average Bonchev–Trinajstić information content (AvgIpc) is 2.28. The largest absolute Gasteiger partial charge is 0.394 e. The maximum Gasteiger partial charge on any atom is 0.391 e. The maximum atomic E-state index is 12.4. The Morgan fingerprint density at radius 2 is 1.53 bits per heavy atom. The molecule has 0 unspecified atom stereocenters. The molecule has 0 aromatic heterocycles. The summed E-state index contributed by atoms with van der Waals surface area (Å²) in [6, 6.07) is -0.0575. The summed E-state index contributed by atoms with van der Waals surface area (Å²) in [5.74, 6) is -1.20. The Kier molecular flexibility index (Phi) is 4.80. The fourth-order valence-corrected chi connectivity index (χ4v) is 2.20. The van der Waals surface area contributed by atoms with Crippen molar-refractivity contribution >= 4 is 0 Å². The van der Waals surface area contributed by atoms with E-state index in [0.717, 1.165) is 0 Å². The Hall–Kier alpha value is -0.330. The summed E-state index contributed by atoms with van der Waals surface area (Å²) in [6.45, 7) is 1.19. The van der Waals surface area contributed by atoms with Crippen LogP contribution in [0.4, 0.5) is 13.2 Å². The molecule has 3 nitrogen and oxygen atoms in total. The average molecular weight is 255 g/mol. The molecule has 102 valence electrons. The monoisotopic (exact) mass is 255 g/mol. The smallest absolute Gasteiger partial charge is 0.391 e. The van der Waals surface area contributed by atoms with Gasteiger partial charge in [0.05, 0.1) is 24.7 Å². The molecular formula is C11H20F3NO2. The number of aliphatic hydroxyl groups excluding tert-OH is 2. The summed E-state index contributed by atoms with van der Waals surface area (Å²) in [6.07, 6.45) is -3.00. The van der Waals surface area contributed by atoms with E-state index in [2.05, 4.69) is 5.32 Å². The highest BCUT2D eigenvalue weighted by Gasteiger charge is 2.42. The van der Waals surface area contributed by atoms with Gasteiger partial charge in [0.2, 0.25) is 0 Å². The molecule has 0 amide bonds. The third kappa shape index (κ3) is 4.12. The molecule has 6 heteroatoms. The zero-order valence-electron chi connectivity index (χ0n) is 9.93. The number of alkyl halides is 3. The van der Waals surface area contributed by atoms with Gasteiger partial charge in [-0.05, 0) is 32.6 Å². The van der Waals surface area contributed by atoms with Gasteiger partial charge in [0.1, 0.15) is 0 Å². The number of rotatable bonds is 4. The third-order valence-corrected chi connectivity index (χ3v) is 3.44. The van der Waals surface area contributed by atoms with Gasteiger partial charge in [-0.1, -0.05) is 0 Å². The van der Waals surface area contributed by atoms with Crippen LogP contribution in [0.1, 0.15) is 32.6 Å². The standard InChI is InChI=1S/C11H20F3NO2/c1-10(6-16,7-17)15-9-4-2-8(3-5-9)11(12,13)14/h8-9,15-17H,2-7H2,1H3. The molecule has 1 fully saturated rings. The van der Waals surface area contributed by atoms with E-state index in [9.17, 15) is 13.2 Å². The minimum absolute atomic E-state index is 0.0575. The first-order chi connectivity index (χ1) is 7.80. The number of aliphatic hydroxyl groups is 2. The second kappa shape index (κ2) is 5.54. The van der Waals surface area contributed by atoms with Gasteiger partial charge in [0.25, 0.3) is 0 Å². The highest BCUT2D eigenvalue weighted by Crippen LogP contribution is 2.37. The van der Waals surface area contributed by atoms with Crippen LogP contribution in [0.3, 0.4) is 0 Å². The molecule has 0 radical (unpaired) electrons. The molecule has 1 saturated carbocycles. The molecule has 1 aliphatic carbocycles. The lowest BCUT2D eigenvalue weighted by Crippen LogP contribution is -2.54. The van der Waals surface area contributed by atoms with Crippen LogP contribution >= 0.6 is 0 Å². The molecule has 0 aromatic rings. The van der Waals surface area contributed by atoms with Crippen LogP contribution in [0.2, 0.25) is 0 Å². The van der Waals surface area contributed by atoms with E-state index in [1.165, 1.54) is 0 Å². The summed E-state index contributed by atoms with van der Waals surface area (Å²) < 4.78 is 37.3. The Labute approximate surface area is 99.0 Å². The lowest BCUT2D eigenvalue weighted by Gasteiger charge is -2.36. The molecule has 1 rings (SSSR count). The fraction of sp³-hybridized carbons (Fsp3) is 1.00. The molecule has 0 heterocycles. The van der Waals surface area contributed by atoms with Crippen molar-refractivity contribution in [3.63, 3.8) is 0 Å². The highest BCUT2D eigenvalue weighted by molar-refractivity contribution is 4.89. The molecule has 0 atom stereocenters. The van der Waals surface area contributed by atoms with Crippen molar-refractivity contribution in [3.8, 4) is 0 Å². The van der Waals surface area contributed by atoms with E-state index in [4.69, 9.17) is 10.2 Å². The Morgan fingerprint density at radius 3 is 1.88 bits per heavy atom. The second-order valence-electron chi connectivity index (χ2n) is 5.11. The van der Waals surface area contributed by atoms with Crippen molar-refractivity contribution in [1.29, 1.82) is 0 Å². The van der Waals surface area contributed by atoms with Crippen molar-refractivity contribution in [3.05, 3.63) is 0 Å². The predicted molar refractivity (Wildman–Crippen MR) is 57.5 cm³/mol. The summed E-state index contributed by atoms with van der Waals surface area (Å²) >= 11 is 0. The van der Waals surface area contributed by atoms with Crippen LogP contribution < -0.4 is 5.32 Å². The van der Waals surface area contributed by atoms with E-state index in [0.29, 0.717) is 12.8 Å². The summed E-state index contributed by atoms with van der Waals surface area (Å²) in [5.41, 5.74) is -0.810. The van der Waals surface area contributed by atoms with Crippen LogP contribution in [-0.4, -0.2) is 41.2 Å². The normalized spacial score (nSPS) is 27.2. The van der Waals surface area contributed by atoms with Crippen molar-refractivity contribution in [2.75, 3.05) is 13.2 Å². The Balaban J connectivity index is 2.42. The number of hydrogen-bond acceptors (Lipinski definition) is 3. The van der Waals surface area contributed by atoms with Crippen LogP contribution in [0, 0.1) is 5.92 Å². The van der Waals surface area contributed by atoms with Gasteiger partial charge in [-0.3, -0.25) is 0 Å². The Bertz CT molecular complexity index is 233. The van der Waals surface area contributed by atoms with Gasteiger partial charge in [-0.2, -0.15) is 13.2 Å². The fourth-order valence-electron chi connectivity index (χ4n) is 2.20. The molecule has 17 heavy (non-hydrogen) atoms. The van der Waals surface area contributed by atoms with Crippen LogP contribution in [0.25, 0.3) is 0 Å². The molecule has 0 bridgehead atoms. The zero-order chi connectivity index (χ0) is 13.1. The molecular weight excluding hydrogens is 235 g/mol. The van der Waals surface area contributed by atoms with Crippen LogP contribution in [-0.2, 0) is 0 Å². The van der Waals surface area contributed by atoms with Crippen molar-refractivity contribution in [2.24, 2.45) is 5.92 Å². The Morgan fingerprint density at radius 1 is 1.06 bits per heavy atom. The van der Waals surface area contributed by atoms with E-state index in [-0.39, 0.29) is 32.1 Å². The number of nitrogens with one attached hydrogen (secondary N) is 1. The minimum Gasteiger partial charge on any atom is -0.394 e. The number of halogens is 3. The van der Waals surface area contributed by atoms with Crippen molar-refractivity contribution < 1.29 is 23.4 Å². The second-order valence-corrected chi connectivity index (χ2v) is 5.11. The SMILES string of the molecule is CC(CO)(CO)NC1CCC(C(F)(F)F)CC1. The first-order valence-corrected chi connectivity index (χ1v) is 5.87. The predicted octanol–water partition coefficient (Wildman–Crippen LogP) is 1.44. The van der Waals surface area contributed by atoms with Gasteiger partial charge in [0, 0.05) is 6.04 Å².